The molecule has 0 aliphatic rings. The Balaban J connectivity index is 2.70. The molecule has 0 fully saturated rings. The highest BCUT2D eigenvalue weighted by atomic mass is 79.9. The van der Waals surface area contributed by atoms with Crippen molar-refractivity contribution in [1.29, 1.82) is 0 Å². The number of ether oxygens (including phenoxy) is 3. The molecule has 0 aromatic heterocycles. The van der Waals surface area contributed by atoms with Crippen LogP contribution in [0.2, 0.25) is 0 Å². The lowest BCUT2D eigenvalue weighted by atomic mass is 10.2. The third kappa shape index (κ3) is 5.22. The lowest BCUT2D eigenvalue weighted by Gasteiger charge is -2.11. The van der Waals surface area contributed by atoms with Gasteiger partial charge in [0.2, 0.25) is 0 Å². The van der Waals surface area contributed by atoms with E-state index in [4.69, 9.17) is 19.9 Å². The van der Waals surface area contributed by atoms with Crippen LogP contribution in [0, 0.1) is 0 Å². The van der Waals surface area contributed by atoms with Crippen molar-refractivity contribution >= 4 is 32.9 Å². The quantitative estimate of drug-likeness (QED) is 0.458. The first-order chi connectivity index (χ1) is 9.62. The molecule has 0 radical (unpaired) electrons. The second-order valence-corrected chi connectivity index (χ2v) is 5.65. The Morgan fingerprint density at radius 2 is 1.90 bits per heavy atom. The number of rotatable bonds is 7. The van der Waals surface area contributed by atoms with Crippen molar-refractivity contribution in [3.63, 3.8) is 0 Å². The van der Waals surface area contributed by atoms with Crippen LogP contribution in [0.4, 0.5) is 0 Å². The maximum Gasteiger partial charge on any atom is 0.161 e. The molecule has 0 heterocycles. The summed E-state index contributed by atoms with van der Waals surface area (Å²) in [7, 11) is 4.86. The van der Waals surface area contributed by atoms with Gasteiger partial charge in [0.1, 0.15) is 0 Å². The number of nitrogens with two attached hydrogens (primary N) is 1. The van der Waals surface area contributed by atoms with Crippen molar-refractivity contribution in [2.45, 2.75) is 5.75 Å². The minimum absolute atomic E-state index is 0.545. The van der Waals surface area contributed by atoms with Crippen molar-refractivity contribution in [2.24, 2.45) is 10.7 Å². The molecule has 0 saturated carbocycles. The number of amidine groups is 1. The van der Waals surface area contributed by atoms with Crippen molar-refractivity contribution in [2.75, 3.05) is 34.5 Å². The maximum atomic E-state index is 5.83. The van der Waals surface area contributed by atoms with Crippen LogP contribution < -0.4 is 15.2 Å². The van der Waals surface area contributed by atoms with Crippen LogP contribution >= 0.6 is 27.7 Å². The van der Waals surface area contributed by atoms with Crippen LogP contribution in [-0.4, -0.2) is 39.6 Å². The molecule has 112 valence electrons. The van der Waals surface area contributed by atoms with Crippen molar-refractivity contribution in [3.8, 4) is 11.5 Å². The van der Waals surface area contributed by atoms with Gasteiger partial charge in [-0.05, 0) is 17.7 Å². The molecule has 0 spiro atoms. The summed E-state index contributed by atoms with van der Waals surface area (Å²) in [6.07, 6.45) is 0. The number of benzene rings is 1. The molecule has 0 saturated heterocycles. The molecule has 0 amide bonds. The number of hydrogen-bond acceptors (Lipinski definition) is 5. The average Bonchev–Trinajstić information content (AvgIpc) is 2.45. The van der Waals surface area contributed by atoms with Crippen LogP contribution in [0.1, 0.15) is 5.56 Å². The van der Waals surface area contributed by atoms with E-state index in [1.54, 1.807) is 21.3 Å². The zero-order valence-electron chi connectivity index (χ0n) is 11.8. The predicted octanol–water partition coefficient (Wildman–Crippen LogP) is 2.66. The maximum absolute atomic E-state index is 5.83. The third-order valence-corrected chi connectivity index (χ3v) is 4.11. The molecular formula is C13H19BrN2O3S. The molecule has 0 unspecified atom stereocenters. The first kappa shape index (κ1) is 17.1. The van der Waals surface area contributed by atoms with Gasteiger partial charge < -0.3 is 19.9 Å². The highest BCUT2D eigenvalue weighted by Gasteiger charge is 2.10. The minimum atomic E-state index is 0.545. The van der Waals surface area contributed by atoms with Gasteiger partial charge in [0.25, 0.3) is 0 Å². The molecule has 1 rings (SSSR count). The van der Waals surface area contributed by atoms with E-state index >= 15 is 0 Å². The molecule has 0 aliphatic carbocycles. The second kappa shape index (κ2) is 9.10. The van der Waals surface area contributed by atoms with Crippen LogP contribution in [0.25, 0.3) is 0 Å². The summed E-state index contributed by atoms with van der Waals surface area (Å²) in [5.41, 5.74) is 6.89. The standard InChI is InChI=1S/C13H19BrN2O3S/c1-17-5-4-16-13(15)20-8-9-6-11(18-2)12(19-3)7-10(9)14/h6-7H,4-5,8H2,1-3H3,(H2,15,16). The van der Waals surface area contributed by atoms with E-state index in [0.29, 0.717) is 35.6 Å². The topological polar surface area (TPSA) is 66.1 Å². The lowest BCUT2D eigenvalue weighted by Crippen LogP contribution is -2.09. The van der Waals surface area contributed by atoms with Crippen molar-refractivity contribution < 1.29 is 14.2 Å². The Bertz CT molecular complexity index is 469. The lowest BCUT2D eigenvalue weighted by molar-refractivity contribution is 0.208. The Morgan fingerprint density at radius 1 is 1.25 bits per heavy atom. The summed E-state index contributed by atoms with van der Waals surface area (Å²) in [4.78, 5) is 4.20. The summed E-state index contributed by atoms with van der Waals surface area (Å²) in [5.74, 6) is 2.08. The fourth-order valence-corrected chi connectivity index (χ4v) is 2.82. The van der Waals surface area contributed by atoms with Crippen LogP contribution in [0.3, 0.4) is 0 Å². The fourth-order valence-electron chi connectivity index (χ4n) is 1.45. The van der Waals surface area contributed by atoms with Gasteiger partial charge in [-0.2, -0.15) is 0 Å². The number of aliphatic imine (C=N–C) groups is 1. The summed E-state index contributed by atoms with van der Waals surface area (Å²) < 4.78 is 16.4. The zero-order valence-corrected chi connectivity index (χ0v) is 14.2. The molecule has 2 N–H and O–H groups in total. The number of hydrogen-bond donors (Lipinski definition) is 1. The zero-order chi connectivity index (χ0) is 15.0. The van der Waals surface area contributed by atoms with E-state index < -0.39 is 0 Å². The van der Waals surface area contributed by atoms with E-state index in [9.17, 15) is 0 Å². The largest absolute Gasteiger partial charge is 0.493 e. The summed E-state index contributed by atoms with van der Waals surface area (Å²) in [6.45, 7) is 1.14. The van der Waals surface area contributed by atoms with Crippen LogP contribution in [-0.2, 0) is 10.5 Å². The fraction of sp³-hybridized carbons (Fsp3) is 0.462. The van der Waals surface area contributed by atoms with Crippen LogP contribution in [0.15, 0.2) is 21.6 Å². The van der Waals surface area contributed by atoms with E-state index in [0.717, 1.165) is 10.0 Å². The highest BCUT2D eigenvalue weighted by Crippen LogP contribution is 2.34. The number of halogens is 1. The predicted molar refractivity (Wildman–Crippen MR) is 86.9 cm³/mol. The van der Waals surface area contributed by atoms with Crippen LogP contribution in [0.5, 0.6) is 11.5 Å². The van der Waals surface area contributed by atoms with Gasteiger partial charge in [0.05, 0.1) is 27.4 Å². The minimum Gasteiger partial charge on any atom is -0.493 e. The first-order valence-corrected chi connectivity index (χ1v) is 7.72. The van der Waals surface area contributed by atoms with Gasteiger partial charge in [-0.1, -0.05) is 27.7 Å². The average molecular weight is 363 g/mol. The van der Waals surface area contributed by atoms with Gasteiger partial charge in [-0.3, -0.25) is 4.99 Å². The monoisotopic (exact) mass is 362 g/mol. The SMILES string of the molecule is COCCN=C(N)SCc1cc(OC)c(OC)cc1Br. The van der Waals surface area contributed by atoms with Crippen molar-refractivity contribution in [3.05, 3.63) is 22.2 Å². The first-order valence-electron chi connectivity index (χ1n) is 5.94. The molecule has 1 aromatic carbocycles. The Hall–Kier alpha value is -0.920. The van der Waals surface area contributed by atoms with E-state index in [-0.39, 0.29) is 0 Å². The summed E-state index contributed by atoms with van der Waals surface area (Å²) in [5, 5.41) is 0.545. The van der Waals surface area contributed by atoms with Gasteiger partial charge in [-0.15, -0.1) is 0 Å². The molecule has 0 aliphatic heterocycles. The molecule has 20 heavy (non-hydrogen) atoms. The molecule has 1 aromatic rings. The van der Waals surface area contributed by atoms with E-state index in [1.165, 1.54) is 11.8 Å². The van der Waals surface area contributed by atoms with Crippen molar-refractivity contribution in [1.82, 2.24) is 0 Å². The smallest absolute Gasteiger partial charge is 0.161 e. The Morgan fingerprint density at radius 3 is 2.50 bits per heavy atom. The third-order valence-electron chi connectivity index (χ3n) is 2.49. The molecule has 0 atom stereocenters. The Labute approximate surface area is 132 Å². The molecule has 5 nitrogen and oxygen atoms in total. The van der Waals surface area contributed by atoms with Gasteiger partial charge in [-0.25, -0.2) is 0 Å². The molecule has 0 bridgehead atoms. The molecular weight excluding hydrogens is 344 g/mol. The second-order valence-electron chi connectivity index (χ2n) is 3.80. The van der Waals surface area contributed by atoms with Gasteiger partial charge in [0, 0.05) is 17.3 Å². The van der Waals surface area contributed by atoms with E-state index in [2.05, 4.69) is 20.9 Å². The van der Waals surface area contributed by atoms with Gasteiger partial charge >= 0.3 is 0 Å². The number of methoxy groups -OCH3 is 3. The molecule has 7 heteroatoms. The normalized spacial score (nSPS) is 11.5. The number of thioether (sulfide) groups is 1. The Kier molecular flexibility index (Phi) is 7.79. The summed E-state index contributed by atoms with van der Waals surface area (Å²) >= 11 is 4.99. The number of nitrogens with zero attached hydrogens (tertiary/aromatic N) is 1. The highest BCUT2D eigenvalue weighted by molar-refractivity contribution is 9.10. The van der Waals surface area contributed by atoms with E-state index in [1.807, 2.05) is 12.1 Å². The van der Waals surface area contributed by atoms with Gasteiger partial charge in [0.15, 0.2) is 16.7 Å². The summed E-state index contributed by atoms with van der Waals surface area (Å²) in [6, 6.07) is 3.81.